The lowest BCUT2D eigenvalue weighted by Crippen LogP contribution is -2.30. The van der Waals surface area contributed by atoms with Gasteiger partial charge >= 0.3 is 6.18 Å². The predicted octanol–water partition coefficient (Wildman–Crippen LogP) is 3.31. The lowest BCUT2D eigenvalue weighted by atomic mass is 9.95. The van der Waals surface area contributed by atoms with E-state index in [9.17, 15) is 13.2 Å². The Balaban J connectivity index is 2.57. The Labute approximate surface area is 118 Å². The molecule has 7 heteroatoms. The van der Waals surface area contributed by atoms with Gasteiger partial charge in [0.15, 0.2) is 0 Å². The molecule has 0 aliphatic rings. The molecule has 3 nitrogen and oxygen atoms in total. The number of aromatic nitrogens is 1. The summed E-state index contributed by atoms with van der Waals surface area (Å²) in [5.74, 6) is 5.42. The highest BCUT2D eigenvalue weighted by molar-refractivity contribution is 6.31. The topological polar surface area (TPSA) is 50.9 Å². The first-order valence-electron chi connectivity index (χ1n) is 5.67. The first kappa shape index (κ1) is 14.8. The third-order valence-electron chi connectivity index (χ3n) is 2.86. The third kappa shape index (κ3) is 2.92. The molecule has 0 saturated heterocycles. The molecule has 1 aromatic heterocycles. The standard InChI is InChI=1S/C13H11ClF3N3/c14-11-7-19-6-5-9(11)12(20-18)8-3-1-2-4-10(8)13(15,16)17/h1-7,12,20H,18H2. The molecule has 20 heavy (non-hydrogen) atoms. The van der Waals surface area contributed by atoms with Crippen LogP contribution in [0.25, 0.3) is 0 Å². The average Bonchev–Trinajstić information content (AvgIpc) is 2.41. The van der Waals surface area contributed by atoms with Crippen molar-refractivity contribution in [2.75, 3.05) is 0 Å². The van der Waals surface area contributed by atoms with Crippen molar-refractivity contribution in [1.82, 2.24) is 10.4 Å². The van der Waals surface area contributed by atoms with E-state index in [0.717, 1.165) is 6.07 Å². The van der Waals surface area contributed by atoms with E-state index in [-0.39, 0.29) is 10.6 Å². The number of nitrogens with zero attached hydrogens (tertiary/aromatic N) is 1. The van der Waals surface area contributed by atoms with E-state index in [0.29, 0.717) is 5.56 Å². The summed E-state index contributed by atoms with van der Waals surface area (Å²) < 4.78 is 39.1. The molecule has 0 saturated carbocycles. The lowest BCUT2D eigenvalue weighted by molar-refractivity contribution is -0.138. The van der Waals surface area contributed by atoms with Crippen molar-refractivity contribution in [1.29, 1.82) is 0 Å². The Bertz CT molecular complexity index is 601. The molecule has 1 heterocycles. The largest absolute Gasteiger partial charge is 0.416 e. The minimum Gasteiger partial charge on any atom is -0.271 e. The van der Waals surface area contributed by atoms with Crippen molar-refractivity contribution in [3.63, 3.8) is 0 Å². The van der Waals surface area contributed by atoms with E-state index in [1.165, 1.54) is 36.7 Å². The Hall–Kier alpha value is -1.63. The highest BCUT2D eigenvalue weighted by atomic mass is 35.5. The summed E-state index contributed by atoms with van der Waals surface area (Å²) in [6.45, 7) is 0. The van der Waals surface area contributed by atoms with Crippen LogP contribution in [0.1, 0.15) is 22.7 Å². The summed E-state index contributed by atoms with van der Waals surface area (Å²) in [6.07, 6.45) is -1.66. The number of benzene rings is 1. The van der Waals surface area contributed by atoms with Gasteiger partial charge in [-0.25, -0.2) is 5.43 Å². The Morgan fingerprint density at radius 1 is 1.15 bits per heavy atom. The minimum atomic E-state index is -4.47. The number of halogens is 4. The van der Waals surface area contributed by atoms with Crippen LogP contribution in [-0.2, 0) is 6.18 Å². The van der Waals surface area contributed by atoms with Gasteiger partial charge in [0.2, 0.25) is 0 Å². The molecule has 0 aliphatic heterocycles. The second-order valence-corrected chi connectivity index (χ2v) is 4.49. The highest BCUT2D eigenvalue weighted by Gasteiger charge is 2.35. The summed E-state index contributed by atoms with van der Waals surface area (Å²) >= 11 is 5.97. The van der Waals surface area contributed by atoms with Crippen LogP contribution in [0.4, 0.5) is 13.2 Å². The maximum atomic E-state index is 13.0. The minimum absolute atomic E-state index is 0.00981. The maximum absolute atomic E-state index is 13.0. The Morgan fingerprint density at radius 3 is 2.45 bits per heavy atom. The molecule has 3 N–H and O–H groups in total. The SMILES string of the molecule is NNC(c1ccncc1Cl)c1ccccc1C(F)(F)F. The second kappa shape index (κ2) is 5.78. The number of rotatable bonds is 3. The zero-order chi connectivity index (χ0) is 14.8. The quantitative estimate of drug-likeness (QED) is 0.675. The number of nitrogens with two attached hydrogens (primary N) is 1. The van der Waals surface area contributed by atoms with Crippen molar-refractivity contribution < 1.29 is 13.2 Å². The highest BCUT2D eigenvalue weighted by Crippen LogP contribution is 2.37. The van der Waals surface area contributed by atoms with E-state index in [1.807, 2.05) is 0 Å². The molecule has 0 bridgehead atoms. The number of alkyl halides is 3. The third-order valence-corrected chi connectivity index (χ3v) is 3.17. The molecular weight excluding hydrogens is 291 g/mol. The van der Waals surface area contributed by atoms with E-state index in [4.69, 9.17) is 17.4 Å². The predicted molar refractivity (Wildman–Crippen MR) is 69.9 cm³/mol. The number of hydrogen-bond acceptors (Lipinski definition) is 3. The molecule has 1 atom stereocenters. The first-order chi connectivity index (χ1) is 9.45. The van der Waals surface area contributed by atoms with Crippen LogP contribution in [0, 0.1) is 0 Å². The van der Waals surface area contributed by atoms with Gasteiger partial charge in [0.25, 0.3) is 0 Å². The summed E-state index contributed by atoms with van der Waals surface area (Å²) in [6, 6.07) is 5.88. The van der Waals surface area contributed by atoms with Gasteiger partial charge in [-0.1, -0.05) is 29.8 Å². The number of pyridine rings is 1. The molecule has 0 fully saturated rings. The van der Waals surface area contributed by atoms with Gasteiger partial charge in [-0.2, -0.15) is 13.2 Å². The van der Waals surface area contributed by atoms with Crippen LogP contribution in [0.5, 0.6) is 0 Å². The molecular formula is C13H11ClF3N3. The fraction of sp³-hybridized carbons (Fsp3) is 0.154. The lowest BCUT2D eigenvalue weighted by Gasteiger charge is -2.22. The van der Waals surface area contributed by atoms with Crippen LogP contribution >= 0.6 is 11.6 Å². The van der Waals surface area contributed by atoms with Gasteiger partial charge in [0.1, 0.15) is 0 Å². The molecule has 2 rings (SSSR count). The summed E-state index contributed by atoms with van der Waals surface area (Å²) in [4.78, 5) is 3.80. The molecule has 106 valence electrons. The summed E-state index contributed by atoms with van der Waals surface area (Å²) in [7, 11) is 0. The molecule has 0 amide bonds. The molecule has 0 spiro atoms. The van der Waals surface area contributed by atoms with Crippen LogP contribution in [0.3, 0.4) is 0 Å². The average molecular weight is 302 g/mol. The van der Waals surface area contributed by atoms with Gasteiger partial charge in [-0.15, -0.1) is 0 Å². The Morgan fingerprint density at radius 2 is 1.85 bits per heavy atom. The summed E-state index contributed by atoms with van der Waals surface area (Å²) in [5.41, 5.74) is 2.06. The first-order valence-corrected chi connectivity index (χ1v) is 6.04. The van der Waals surface area contributed by atoms with Gasteiger partial charge in [0.05, 0.1) is 16.6 Å². The molecule has 0 radical (unpaired) electrons. The van der Waals surface area contributed by atoms with Gasteiger partial charge in [-0.05, 0) is 23.3 Å². The summed E-state index contributed by atoms with van der Waals surface area (Å²) in [5, 5.41) is 0.243. The van der Waals surface area contributed by atoms with Gasteiger partial charge in [-0.3, -0.25) is 10.8 Å². The van der Waals surface area contributed by atoms with Crippen molar-refractivity contribution in [3.8, 4) is 0 Å². The van der Waals surface area contributed by atoms with E-state index >= 15 is 0 Å². The zero-order valence-electron chi connectivity index (χ0n) is 10.2. The van der Waals surface area contributed by atoms with Crippen LogP contribution < -0.4 is 11.3 Å². The van der Waals surface area contributed by atoms with Crippen LogP contribution in [0.2, 0.25) is 5.02 Å². The second-order valence-electron chi connectivity index (χ2n) is 4.08. The van der Waals surface area contributed by atoms with E-state index in [1.54, 1.807) is 0 Å². The van der Waals surface area contributed by atoms with Gasteiger partial charge < -0.3 is 0 Å². The van der Waals surface area contributed by atoms with Crippen molar-refractivity contribution in [2.45, 2.75) is 12.2 Å². The molecule has 1 aromatic carbocycles. The van der Waals surface area contributed by atoms with E-state index < -0.39 is 17.8 Å². The number of hydrazine groups is 1. The number of hydrogen-bond donors (Lipinski definition) is 2. The molecule has 0 aliphatic carbocycles. The molecule has 1 unspecified atom stereocenters. The van der Waals surface area contributed by atoms with Crippen LogP contribution in [-0.4, -0.2) is 4.98 Å². The number of nitrogens with one attached hydrogen (secondary N) is 1. The van der Waals surface area contributed by atoms with Crippen molar-refractivity contribution in [3.05, 3.63) is 64.4 Å². The normalized spacial score (nSPS) is 13.2. The molecule has 2 aromatic rings. The van der Waals surface area contributed by atoms with E-state index in [2.05, 4.69) is 10.4 Å². The maximum Gasteiger partial charge on any atom is 0.416 e. The van der Waals surface area contributed by atoms with Crippen LogP contribution in [0.15, 0.2) is 42.7 Å². The van der Waals surface area contributed by atoms with Crippen molar-refractivity contribution in [2.24, 2.45) is 5.84 Å². The fourth-order valence-corrected chi connectivity index (χ4v) is 2.20. The Kier molecular flexibility index (Phi) is 4.27. The monoisotopic (exact) mass is 301 g/mol. The fourth-order valence-electron chi connectivity index (χ4n) is 1.97. The van der Waals surface area contributed by atoms with Crippen molar-refractivity contribution >= 4 is 11.6 Å². The smallest absolute Gasteiger partial charge is 0.271 e. The van der Waals surface area contributed by atoms with Gasteiger partial charge in [0, 0.05) is 12.4 Å². The zero-order valence-corrected chi connectivity index (χ0v) is 10.9.